The number of aliphatic hydroxyl groups excluding tert-OH is 2. The van der Waals surface area contributed by atoms with Crippen LogP contribution in [0.2, 0.25) is 0 Å². The van der Waals surface area contributed by atoms with Crippen LogP contribution in [0.5, 0.6) is 5.75 Å². The molecule has 0 saturated carbocycles. The number of aliphatic hydroxyl groups is 2. The van der Waals surface area contributed by atoms with Gasteiger partial charge in [-0.1, -0.05) is 31.4 Å². The fourth-order valence-corrected chi connectivity index (χ4v) is 1.50. The second-order valence-electron chi connectivity index (χ2n) is 5.46. The predicted octanol–water partition coefficient (Wildman–Crippen LogP) is 2.03. The maximum Gasteiger partial charge on any atom is 0.333 e. The number of hydrogen-bond donors (Lipinski definition) is 2. The lowest BCUT2D eigenvalue weighted by Gasteiger charge is -2.11. The maximum atomic E-state index is 10.7. The molecule has 27 heavy (non-hydrogen) atoms. The second-order valence-corrected chi connectivity index (χ2v) is 5.46. The van der Waals surface area contributed by atoms with Gasteiger partial charge in [-0.25, -0.2) is 9.59 Å². The summed E-state index contributed by atoms with van der Waals surface area (Å²) in [5.41, 5.74) is 0.411. The summed E-state index contributed by atoms with van der Waals surface area (Å²) >= 11 is 0. The number of para-hydroxylation sites is 1. The van der Waals surface area contributed by atoms with Gasteiger partial charge < -0.3 is 24.4 Å². The number of ether oxygens (including phenoxy) is 3. The van der Waals surface area contributed by atoms with Gasteiger partial charge >= 0.3 is 11.9 Å². The minimum atomic E-state index is -0.843. The Kier molecular flexibility index (Phi) is 14.1. The Hall–Kier alpha value is -2.64. The van der Waals surface area contributed by atoms with Crippen LogP contribution < -0.4 is 4.74 Å². The normalized spacial score (nSPS) is 10.6. The molecule has 1 rings (SSSR count). The quantitative estimate of drug-likeness (QED) is 0.344. The zero-order valence-electron chi connectivity index (χ0n) is 15.6. The molecule has 0 aliphatic carbocycles. The maximum absolute atomic E-state index is 10.7. The number of carbonyl (C=O) groups excluding carboxylic acids is 2. The van der Waals surface area contributed by atoms with Crippen LogP contribution in [0.1, 0.15) is 19.8 Å². The summed E-state index contributed by atoms with van der Waals surface area (Å²) in [6.45, 7) is 8.77. The van der Waals surface area contributed by atoms with Crippen LogP contribution in [-0.4, -0.2) is 54.7 Å². The number of hydrogen-bond acceptors (Lipinski definition) is 7. The third-order valence-corrected chi connectivity index (χ3v) is 2.90. The van der Waals surface area contributed by atoms with Crippen molar-refractivity contribution in [2.75, 3.05) is 26.4 Å². The summed E-state index contributed by atoms with van der Waals surface area (Å²) in [6.07, 6.45) is 1.58. The van der Waals surface area contributed by atoms with Gasteiger partial charge in [0.15, 0.2) is 0 Å². The molecule has 1 unspecified atom stereocenters. The highest BCUT2D eigenvalue weighted by molar-refractivity contribution is 5.86. The van der Waals surface area contributed by atoms with E-state index < -0.39 is 12.1 Å². The molecule has 7 heteroatoms. The van der Waals surface area contributed by atoms with Crippen molar-refractivity contribution in [1.82, 2.24) is 0 Å². The average Bonchev–Trinajstić information content (AvgIpc) is 2.68. The number of esters is 2. The summed E-state index contributed by atoms with van der Waals surface area (Å²) in [5, 5.41) is 17.8. The van der Waals surface area contributed by atoms with Crippen molar-refractivity contribution >= 4 is 11.9 Å². The summed E-state index contributed by atoms with van der Waals surface area (Å²) in [7, 11) is 0. The predicted molar refractivity (Wildman–Crippen MR) is 101 cm³/mol. The number of rotatable bonds is 11. The van der Waals surface area contributed by atoms with Crippen LogP contribution in [0.4, 0.5) is 0 Å². The summed E-state index contributed by atoms with van der Waals surface area (Å²) in [4.78, 5) is 21.4. The van der Waals surface area contributed by atoms with Crippen LogP contribution in [0.3, 0.4) is 0 Å². The molecule has 7 nitrogen and oxygen atoms in total. The van der Waals surface area contributed by atoms with Crippen LogP contribution in [0, 0.1) is 0 Å². The van der Waals surface area contributed by atoms with E-state index in [4.69, 9.17) is 14.6 Å². The zero-order valence-corrected chi connectivity index (χ0v) is 15.6. The molecular formula is C20H28O7. The van der Waals surface area contributed by atoms with Crippen molar-refractivity contribution in [2.24, 2.45) is 0 Å². The lowest BCUT2D eigenvalue weighted by atomic mass is 10.3. The van der Waals surface area contributed by atoms with E-state index in [0.717, 1.165) is 6.08 Å². The van der Waals surface area contributed by atoms with Crippen molar-refractivity contribution in [3.05, 3.63) is 55.1 Å². The fraction of sp³-hybridized carbons (Fsp3) is 0.400. The highest BCUT2D eigenvalue weighted by Gasteiger charge is 2.07. The van der Waals surface area contributed by atoms with Crippen LogP contribution in [0.15, 0.2) is 55.1 Å². The third kappa shape index (κ3) is 14.2. The molecule has 0 fully saturated rings. The first-order valence-electron chi connectivity index (χ1n) is 8.49. The minimum absolute atomic E-state index is 0.0778. The Bertz CT molecular complexity index is 569. The first-order chi connectivity index (χ1) is 12.9. The Morgan fingerprint density at radius 3 is 2.37 bits per heavy atom. The largest absolute Gasteiger partial charge is 0.491 e. The highest BCUT2D eigenvalue weighted by atomic mass is 16.5. The van der Waals surface area contributed by atoms with Gasteiger partial charge in [0, 0.05) is 18.3 Å². The first-order valence-corrected chi connectivity index (χ1v) is 8.49. The number of benzene rings is 1. The molecule has 0 heterocycles. The molecule has 1 aromatic carbocycles. The molecule has 0 spiro atoms. The average molecular weight is 380 g/mol. The van der Waals surface area contributed by atoms with Gasteiger partial charge in [0.05, 0.1) is 6.61 Å². The van der Waals surface area contributed by atoms with Crippen LogP contribution >= 0.6 is 0 Å². The van der Waals surface area contributed by atoms with E-state index in [1.54, 1.807) is 19.1 Å². The third-order valence-electron chi connectivity index (χ3n) is 2.90. The van der Waals surface area contributed by atoms with Crippen molar-refractivity contribution in [3.63, 3.8) is 0 Å². The van der Waals surface area contributed by atoms with Crippen molar-refractivity contribution in [3.8, 4) is 5.75 Å². The molecular weight excluding hydrogens is 352 g/mol. The Morgan fingerprint density at radius 2 is 1.81 bits per heavy atom. The number of unbranched alkanes of at least 4 members (excludes halogenated alkanes) is 1. The summed E-state index contributed by atoms with van der Waals surface area (Å²) < 4.78 is 14.7. The summed E-state index contributed by atoms with van der Waals surface area (Å²) in [6, 6.07) is 9.10. The van der Waals surface area contributed by atoms with E-state index in [-0.39, 0.29) is 25.8 Å². The first kappa shape index (κ1) is 24.4. The smallest absolute Gasteiger partial charge is 0.333 e. The summed E-state index contributed by atoms with van der Waals surface area (Å²) in [5.74, 6) is -0.252. The minimum Gasteiger partial charge on any atom is -0.491 e. The molecule has 0 bridgehead atoms. The molecule has 0 amide bonds. The van der Waals surface area contributed by atoms with Gasteiger partial charge in [0.25, 0.3) is 0 Å². The lowest BCUT2D eigenvalue weighted by molar-refractivity contribution is -0.141. The molecule has 1 atom stereocenters. The molecule has 0 radical (unpaired) electrons. The van der Waals surface area contributed by atoms with Gasteiger partial charge in [-0.05, 0) is 31.9 Å². The van der Waals surface area contributed by atoms with E-state index in [0.29, 0.717) is 30.8 Å². The standard InChI is InChI=1S/C12H14O4.C8H14O3/c1-2-12(14)16-9-10(13)8-15-11-6-4-3-5-7-11;1-7(2)8(10)11-6-4-3-5-9/h2-7,10,13H,1,8-9H2;9H,1,3-6H2,2H3. The molecule has 150 valence electrons. The molecule has 0 saturated heterocycles. The molecule has 1 aromatic rings. The lowest BCUT2D eigenvalue weighted by Crippen LogP contribution is -2.24. The van der Waals surface area contributed by atoms with Crippen LogP contribution in [0.25, 0.3) is 0 Å². The highest BCUT2D eigenvalue weighted by Crippen LogP contribution is 2.08. The molecule has 2 N–H and O–H groups in total. The van der Waals surface area contributed by atoms with Crippen molar-refractivity contribution < 1.29 is 34.0 Å². The Morgan fingerprint density at radius 1 is 1.15 bits per heavy atom. The zero-order chi connectivity index (χ0) is 20.5. The fourth-order valence-electron chi connectivity index (χ4n) is 1.50. The topological polar surface area (TPSA) is 102 Å². The van der Waals surface area contributed by atoms with E-state index in [1.165, 1.54) is 0 Å². The van der Waals surface area contributed by atoms with E-state index in [9.17, 15) is 14.7 Å². The van der Waals surface area contributed by atoms with Gasteiger partial charge in [0.1, 0.15) is 25.1 Å². The Balaban J connectivity index is 0.000000541. The van der Waals surface area contributed by atoms with E-state index in [2.05, 4.69) is 17.9 Å². The van der Waals surface area contributed by atoms with Gasteiger partial charge in [-0.2, -0.15) is 0 Å². The van der Waals surface area contributed by atoms with Gasteiger partial charge in [0.2, 0.25) is 0 Å². The Labute approximate surface area is 159 Å². The number of carbonyl (C=O) groups is 2. The van der Waals surface area contributed by atoms with Gasteiger partial charge in [-0.15, -0.1) is 0 Å². The van der Waals surface area contributed by atoms with E-state index >= 15 is 0 Å². The van der Waals surface area contributed by atoms with Crippen molar-refractivity contribution in [1.29, 1.82) is 0 Å². The van der Waals surface area contributed by atoms with Crippen molar-refractivity contribution in [2.45, 2.75) is 25.9 Å². The van der Waals surface area contributed by atoms with Crippen LogP contribution in [-0.2, 0) is 19.1 Å². The molecule has 0 aliphatic heterocycles. The second kappa shape index (κ2) is 15.6. The van der Waals surface area contributed by atoms with E-state index in [1.807, 2.05) is 18.2 Å². The monoisotopic (exact) mass is 380 g/mol. The SMILES string of the molecule is C=C(C)C(=O)OCCCCO.C=CC(=O)OCC(O)COc1ccccc1. The molecule has 0 aliphatic rings. The van der Waals surface area contributed by atoms with Gasteiger partial charge in [-0.3, -0.25) is 0 Å². The molecule has 0 aromatic heterocycles.